The molecule has 3 aromatic heterocycles. The second kappa shape index (κ2) is 8.64. The fraction of sp³-hybridized carbons (Fsp3) is 0.231. The van der Waals surface area contributed by atoms with Crippen molar-refractivity contribution >= 4 is 46.4 Å². The topological polar surface area (TPSA) is 66.6 Å². The minimum absolute atomic E-state index is 0.720. The molecule has 5 nitrogen and oxygen atoms in total. The van der Waals surface area contributed by atoms with E-state index < -0.39 is 0 Å². The Labute approximate surface area is 181 Å². The monoisotopic (exact) mass is 410 g/mol. The molecule has 2 N–H and O–H groups in total. The van der Waals surface area contributed by atoms with Crippen LogP contribution < -0.4 is 4.74 Å². The van der Waals surface area contributed by atoms with Crippen LogP contribution in [0.5, 0.6) is 5.75 Å². The van der Waals surface area contributed by atoms with E-state index in [1.165, 1.54) is 19.3 Å². The standard InChI is InChI=1S/C26H26N4O/c1-2-3-4-5-12-31-26-17-24-15-22-9-8-20(28-22)13-18-6-7-19(27-18)14-21-10-11-23(29-21)16-25(26)30-24/h6-11,13-17,28,30H,2-5,12H2,1H3. The van der Waals surface area contributed by atoms with Gasteiger partial charge in [-0.3, -0.25) is 0 Å². The van der Waals surface area contributed by atoms with Crippen LogP contribution in [-0.4, -0.2) is 26.5 Å². The second-order valence-electron chi connectivity index (χ2n) is 7.95. The van der Waals surface area contributed by atoms with Gasteiger partial charge in [0, 0.05) is 22.6 Å². The number of ether oxygens (including phenoxy) is 1. The highest BCUT2D eigenvalue weighted by atomic mass is 16.5. The van der Waals surface area contributed by atoms with E-state index in [0.717, 1.165) is 63.6 Å². The Hall–Kier alpha value is -3.60. The number of nitrogens with one attached hydrogen (secondary N) is 2. The summed E-state index contributed by atoms with van der Waals surface area (Å²) in [6.45, 7) is 2.94. The van der Waals surface area contributed by atoms with Crippen LogP contribution in [0.1, 0.15) is 55.4 Å². The molecule has 5 heterocycles. The smallest absolute Gasteiger partial charge is 0.144 e. The molecule has 0 fully saturated rings. The van der Waals surface area contributed by atoms with Gasteiger partial charge >= 0.3 is 0 Å². The molecule has 8 bridgehead atoms. The first-order valence-electron chi connectivity index (χ1n) is 11.0. The van der Waals surface area contributed by atoms with E-state index in [4.69, 9.17) is 9.72 Å². The highest BCUT2D eigenvalue weighted by molar-refractivity contribution is 5.79. The van der Waals surface area contributed by atoms with Crippen LogP contribution in [-0.2, 0) is 0 Å². The summed E-state index contributed by atoms with van der Waals surface area (Å²) in [6, 6.07) is 14.4. The molecule has 0 atom stereocenters. The molecule has 0 saturated heterocycles. The van der Waals surface area contributed by atoms with E-state index in [-0.39, 0.29) is 0 Å². The summed E-state index contributed by atoms with van der Waals surface area (Å²) < 4.78 is 6.14. The first-order chi connectivity index (χ1) is 15.2. The molecule has 5 rings (SSSR count). The van der Waals surface area contributed by atoms with Crippen molar-refractivity contribution in [1.82, 2.24) is 19.9 Å². The molecule has 0 saturated carbocycles. The van der Waals surface area contributed by atoms with E-state index in [9.17, 15) is 0 Å². The third-order valence-corrected chi connectivity index (χ3v) is 5.39. The van der Waals surface area contributed by atoms with Crippen LogP contribution in [0.15, 0.2) is 42.5 Å². The third-order valence-electron chi connectivity index (χ3n) is 5.39. The summed E-state index contributed by atoms with van der Waals surface area (Å²) >= 11 is 0. The summed E-state index contributed by atoms with van der Waals surface area (Å²) in [6.07, 6.45) is 12.8. The van der Waals surface area contributed by atoms with Gasteiger partial charge in [-0.2, -0.15) is 0 Å². The van der Waals surface area contributed by atoms with Crippen molar-refractivity contribution in [3.8, 4) is 5.75 Å². The molecule has 31 heavy (non-hydrogen) atoms. The Balaban J connectivity index is 1.62. The van der Waals surface area contributed by atoms with Gasteiger partial charge in [0.15, 0.2) is 0 Å². The van der Waals surface area contributed by atoms with Gasteiger partial charge in [0.1, 0.15) is 5.75 Å². The minimum Gasteiger partial charge on any atom is -0.491 e. The normalized spacial score (nSPS) is 12.4. The number of hydrogen-bond acceptors (Lipinski definition) is 3. The second-order valence-corrected chi connectivity index (χ2v) is 7.95. The van der Waals surface area contributed by atoms with Crippen molar-refractivity contribution in [2.45, 2.75) is 32.6 Å². The number of hydrogen-bond donors (Lipinski definition) is 2. The lowest BCUT2D eigenvalue weighted by Crippen LogP contribution is -1.96. The van der Waals surface area contributed by atoms with E-state index in [2.05, 4.69) is 46.1 Å². The first-order valence-corrected chi connectivity index (χ1v) is 11.0. The fourth-order valence-corrected chi connectivity index (χ4v) is 3.82. The van der Waals surface area contributed by atoms with Crippen molar-refractivity contribution in [2.75, 3.05) is 6.61 Å². The summed E-state index contributed by atoms with van der Waals surface area (Å²) in [5.41, 5.74) is 7.57. The molecule has 2 aliphatic heterocycles. The van der Waals surface area contributed by atoms with Crippen LogP contribution in [0.4, 0.5) is 0 Å². The molecular weight excluding hydrogens is 384 g/mol. The van der Waals surface area contributed by atoms with Gasteiger partial charge in [0.05, 0.1) is 34.9 Å². The molecule has 2 aliphatic rings. The highest BCUT2D eigenvalue weighted by Gasteiger charge is 2.06. The number of rotatable bonds is 6. The lowest BCUT2D eigenvalue weighted by molar-refractivity contribution is 0.309. The molecule has 3 aromatic rings. The average Bonchev–Trinajstić information content (AvgIpc) is 3.53. The number of aromatic nitrogens is 4. The predicted octanol–water partition coefficient (Wildman–Crippen LogP) is 6.61. The number of unbranched alkanes of at least 4 members (excludes halogenated alkanes) is 3. The molecule has 0 aliphatic carbocycles. The van der Waals surface area contributed by atoms with Crippen LogP contribution in [0, 0.1) is 0 Å². The summed E-state index contributed by atoms with van der Waals surface area (Å²) in [5.74, 6) is 0.862. The molecular formula is C26H26N4O. The van der Waals surface area contributed by atoms with Crippen molar-refractivity contribution in [1.29, 1.82) is 0 Å². The molecule has 0 aromatic carbocycles. The molecule has 0 unspecified atom stereocenters. The third kappa shape index (κ3) is 4.61. The lowest BCUT2D eigenvalue weighted by atomic mass is 10.2. The van der Waals surface area contributed by atoms with Gasteiger partial charge < -0.3 is 14.7 Å². The van der Waals surface area contributed by atoms with Gasteiger partial charge in [0.25, 0.3) is 0 Å². The largest absolute Gasteiger partial charge is 0.491 e. The van der Waals surface area contributed by atoms with Gasteiger partial charge in [-0.1, -0.05) is 26.2 Å². The van der Waals surface area contributed by atoms with Crippen molar-refractivity contribution < 1.29 is 4.74 Å². The number of nitrogens with zero attached hydrogens (tertiary/aromatic N) is 2. The maximum absolute atomic E-state index is 6.14. The molecule has 0 amide bonds. The molecule has 5 heteroatoms. The average molecular weight is 411 g/mol. The fourth-order valence-electron chi connectivity index (χ4n) is 3.82. The predicted molar refractivity (Wildman–Crippen MR) is 128 cm³/mol. The van der Waals surface area contributed by atoms with Crippen molar-refractivity contribution in [2.24, 2.45) is 0 Å². The van der Waals surface area contributed by atoms with Gasteiger partial charge in [-0.15, -0.1) is 0 Å². The number of H-pyrrole nitrogens is 2. The summed E-state index contributed by atoms with van der Waals surface area (Å²) in [4.78, 5) is 16.3. The zero-order valence-electron chi connectivity index (χ0n) is 17.7. The zero-order chi connectivity index (χ0) is 21.0. The van der Waals surface area contributed by atoms with Crippen LogP contribution in [0.2, 0.25) is 0 Å². The van der Waals surface area contributed by atoms with E-state index in [1.807, 2.05) is 42.5 Å². The Morgan fingerprint density at radius 2 is 1.35 bits per heavy atom. The maximum Gasteiger partial charge on any atom is 0.144 e. The Kier molecular flexibility index (Phi) is 5.40. The first kappa shape index (κ1) is 19.4. The quantitative estimate of drug-likeness (QED) is 0.309. The van der Waals surface area contributed by atoms with Gasteiger partial charge in [-0.05, 0) is 67.1 Å². The van der Waals surface area contributed by atoms with E-state index in [1.54, 1.807) is 0 Å². The molecule has 0 radical (unpaired) electrons. The SMILES string of the molecule is CCCCCCOc1cc2cc3ccc(cc4nc(cc5nc(cc1[nH]2)C=C5)C=C4)[nH]3. The number of fused-ring (bicyclic) bond motifs is 8. The maximum atomic E-state index is 6.14. The lowest BCUT2D eigenvalue weighted by Gasteiger charge is -2.03. The van der Waals surface area contributed by atoms with Crippen LogP contribution in [0.3, 0.4) is 0 Å². The van der Waals surface area contributed by atoms with Crippen molar-refractivity contribution in [3.63, 3.8) is 0 Å². The van der Waals surface area contributed by atoms with Gasteiger partial charge in [0.2, 0.25) is 0 Å². The van der Waals surface area contributed by atoms with Gasteiger partial charge in [-0.25, -0.2) is 9.97 Å². The van der Waals surface area contributed by atoms with Crippen LogP contribution >= 0.6 is 0 Å². The molecule has 156 valence electrons. The number of aromatic amines is 2. The van der Waals surface area contributed by atoms with E-state index >= 15 is 0 Å². The summed E-state index contributed by atoms with van der Waals surface area (Å²) in [7, 11) is 0. The Bertz CT molecular complexity index is 1310. The Morgan fingerprint density at radius 3 is 2.10 bits per heavy atom. The molecule has 0 spiro atoms. The highest BCUT2D eigenvalue weighted by Crippen LogP contribution is 2.24. The zero-order valence-corrected chi connectivity index (χ0v) is 17.7. The minimum atomic E-state index is 0.720. The Morgan fingerprint density at radius 1 is 0.677 bits per heavy atom. The van der Waals surface area contributed by atoms with E-state index in [0.29, 0.717) is 0 Å². The van der Waals surface area contributed by atoms with Crippen LogP contribution in [0.25, 0.3) is 46.4 Å². The summed E-state index contributed by atoms with van der Waals surface area (Å²) in [5, 5.41) is 0. The van der Waals surface area contributed by atoms with Crippen molar-refractivity contribution in [3.05, 3.63) is 65.2 Å².